The van der Waals surface area contributed by atoms with Crippen LogP contribution in [0.1, 0.15) is 48.0 Å². The summed E-state index contributed by atoms with van der Waals surface area (Å²) in [6.07, 6.45) is 6.21. The molecule has 1 aliphatic rings. The molecule has 0 heterocycles. The third kappa shape index (κ3) is 3.98. The number of hydrogen-bond donors (Lipinski definition) is 1. The maximum Gasteiger partial charge on any atom is 0.251 e. The summed E-state index contributed by atoms with van der Waals surface area (Å²) in [5, 5.41) is 4.65. The quantitative estimate of drug-likeness (QED) is 0.775. The van der Waals surface area contributed by atoms with E-state index in [0.717, 1.165) is 17.4 Å². The summed E-state index contributed by atoms with van der Waals surface area (Å²) in [7, 11) is 0. The Kier molecular flexibility index (Phi) is 5.50. The molecule has 0 atom stereocenters. The molecule has 1 aliphatic carbocycles. The van der Waals surface area contributed by atoms with Gasteiger partial charge in [0.15, 0.2) is 0 Å². The van der Waals surface area contributed by atoms with Crippen LogP contribution >= 0.6 is 27.5 Å². The lowest BCUT2D eigenvalue weighted by molar-refractivity contribution is 0.0922. The van der Waals surface area contributed by atoms with E-state index >= 15 is 0 Å². The van der Waals surface area contributed by atoms with Gasteiger partial charge in [0.1, 0.15) is 0 Å². The van der Waals surface area contributed by atoms with Crippen molar-refractivity contribution in [1.29, 1.82) is 0 Å². The second-order valence-corrected chi connectivity index (χ2v) is 6.89. The lowest BCUT2D eigenvalue weighted by Crippen LogP contribution is -2.40. The maximum atomic E-state index is 12.3. The van der Waals surface area contributed by atoms with Crippen molar-refractivity contribution in [3.63, 3.8) is 0 Å². The molecule has 0 aromatic heterocycles. The summed E-state index contributed by atoms with van der Waals surface area (Å²) in [6.45, 7) is 2.69. The third-order valence-electron chi connectivity index (χ3n) is 4.13. The summed E-state index contributed by atoms with van der Waals surface area (Å²) in [5.41, 5.74) is 1.88. The van der Waals surface area contributed by atoms with E-state index in [1.54, 1.807) is 6.07 Å². The van der Waals surface area contributed by atoms with E-state index in [2.05, 4.69) is 21.2 Å². The number of amides is 1. The average molecular weight is 359 g/mol. The predicted molar refractivity (Wildman–Crippen MR) is 87.8 cm³/mol. The average Bonchev–Trinajstić information content (AvgIpc) is 2.45. The van der Waals surface area contributed by atoms with Gasteiger partial charge in [-0.05, 0) is 48.9 Å². The number of alkyl halides is 1. The van der Waals surface area contributed by atoms with Gasteiger partial charge in [0, 0.05) is 22.5 Å². The first-order chi connectivity index (χ1) is 9.54. The Morgan fingerprint density at radius 1 is 1.30 bits per heavy atom. The number of aryl methyl sites for hydroxylation is 1. The highest BCUT2D eigenvalue weighted by atomic mass is 79.9. The molecule has 0 aliphatic heterocycles. The smallest absolute Gasteiger partial charge is 0.251 e. The fraction of sp³-hybridized carbons (Fsp3) is 0.562. The van der Waals surface area contributed by atoms with Gasteiger partial charge in [0.2, 0.25) is 0 Å². The summed E-state index contributed by atoms with van der Waals surface area (Å²) in [5.74, 6) is -0.0264. The monoisotopic (exact) mass is 357 g/mol. The number of carbonyl (C=O) groups is 1. The van der Waals surface area contributed by atoms with Gasteiger partial charge in [-0.15, -0.1) is 0 Å². The molecule has 1 aromatic rings. The zero-order valence-electron chi connectivity index (χ0n) is 11.8. The second-order valence-electron chi connectivity index (χ2n) is 5.89. The fourth-order valence-corrected chi connectivity index (χ4v) is 3.95. The highest BCUT2D eigenvalue weighted by Crippen LogP contribution is 2.37. The number of rotatable bonds is 4. The molecule has 0 bridgehead atoms. The van der Waals surface area contributed by atoms with Crippen LogP contribution in [0.5, 0.6) is 0 Å². The SMILES string of the molecule is Cc1cc(Cl)cc(C(=O)NCC2(CBr)CCCCC2)c1. The van der Waals surface area contributed by atoms with E-state index in [1.165, 1.54) is 32.1 Å². The molecular formula is C16H21BrClNO. The Labute approximate surface area is 134 Å². The van der Waals surface area contributed by atoms with Crippen molar-refractivity contribution >= 4 is 33.4 Å². The molecule has 1 fully saturated rings. The molecule has 0 radical (unpaired) electrons. The minimum Gasteiger partial charge on any atom is -0.351 e. The Morgan fingerprint density at radius 2 is 2.00 bits per heavy atom. The number of nitrogens with one attached hydrogen (secondary N) is 1. The molecule has 2 rings (SSSR count). The topological polar surface area (TPSA) is 29.1 Å². The summed E-state index contributed by atoms with van der Waals surface area (Å²) in [6, 6.07) is 5.47. The van der Waals surface area contributed by atoms with E-state index in [4.69, 9.17) is 11.6 Å². The standard InChI is InChI=1S/C16H21BrClNO/c1-12-7-13(9-14(18)8-12)15(20)19-11-16(10-17)5-3-2-4-6-16/h7-9H,2-6,10-11H2,1H3,(H,19,20). The van der Waals surface area contributed by atoms with E-state index in [0.29, 0.717) is 10.6 Å². The van der Waals surface area contributed by atoms with Gasteiger partial charge in [-0.2, -0.15) is 0 Å². The van der Waals surface area contributed by atoms with Crippen LogP contribution in [0.2, 0.25) is 5.02 Å². The van der Waals surface area contributed by atoms with E-state index in [9.17, 15) is 4.79 Å². The van der Waals surface area contributed by atoms with Crippen molar-refractivity contribution in [2.45, 2.75) is 39.0 Å². The maximum absolute atomic E-state index is 12.3. The zero-order valence-corrected chi connectivity index (χ0v) is 14.2. The van der Waals surface area contributed by atoms with Gasteiger partial charge in [-0.1, -0.05) is 46.8 Å². The van der Waals surface area contributed by atoms with Crippen molar-refractivity contribution in [3.05, 3.63) is 34.3 Å². The second kappa shape index (κ2) is 6.95. The van der Waals surface area contributed by atoms with Gasteiger partial charge >= 0.3 is 0 Å². The van der Waals surface area contributed by atoms with Crippen LogP contribution in [0, 0.1) is 12.3 Å². The first-order valence-electron chi connectivity index (χ1n) is 7.16. The summed E-state index contributed by atoms with van der Waals surface area (Å²) < 4.78 is 0. The number of carbonyl (C=O) groups excluding carboxylic acids is 1. The van der Waals surface area contributed by atoms with Crippen molar-refractivity contribution in [2.75, 3.05) is 11.9 Å². The van der Waals surface area contributed by atoms with Gasteiger partial charge < -0.3 is 5.32 Å². The predicted octanol–water partition coefficient (Wildman–Crippen LogP) is 4.72. The van der Waals surface area contributed by atoms with Crippen LogP contribution < -0.4 is 5.32 Å². The van der Waals surface area contributed by atoms with Crippen LogP contribution in [0.15, 0.2) is 18.2 Å². The summed E-state index contributed by atoms with van der Waals surface area (Å²) in [4.78, 5) is 12.3. The van der Waals surface area contributed by atoms with E-state index < -0.39 is 0 Å². The van der Waals surface area contributed by atoms with Crippen LogP contribution in [0.4, 0.5) is 0 Å². The minimum atomic E-state index is -0.0264. The number of halogens is 2. The molecule has 0 spiro atoms. The normalized spacial score (nSPS) is 17.8. The van der Waals surface area contributed by atoms with Crippen molar-refractivity contribution in [1.82, 2.24) is 5.32 Å². The Hall–Kier alpha value is -0.540. The first-order valence-corrected chi connectivity index (χ1v) is 8.66. The first kappa shape index (κ1) is 15.8. The molecule has 0 unspecified atom stereocenters. The lowest BCUT2D eigenvalue weighted by Gasteiger charge is -2.35. The minimum absolute atomic E-state index is 0.0264. The number of hydrogen-bond acceptors (Lipinski definition) is 1. The lowest BCUT2D eigenvalue weighted by atomic mass is 9.75. The Balaban J connectivity index is 2.00. The van der Waals surface area contributed by atoms with Crippen LogP contribution in [0.25, 0.3) is 0 Å². The van der Waals surface area contributed by atoms with Gasteiger partial charge in [0.05, 0.1) is 0 Å². The van der Waals surface area contributed by atoms with Crippen LogP contribution in [0.3, 0.4) is 0 Å². The van der Waals surface area contributed by atoms with Gasteiger partial charge in [-0.3, -0.25) is 4.79 Å². The molecule has 1 aromatic carbocycles. The number of benzene rings is 1. The van der Waals surface area contributed by atoms with Crippen LogP contribution in [-0.2, 0) is 0 Å². The van der Waals surface area contributed by atoms with E-state index in [1.807, 2.05) is 19.1 Å². The van der Waals surface area contributed by atoms with Crippen molar-refractivity contribution < 1.29 is 4.79 Å². The molecular weight excluding hydrogens is 338 g/mol. The summed E-state index contributed by atoms with van der Waals surface area (Å²) >= 11 is 9.64. The van der Waals surface area contributed by atoms with Crippen molar-refractivity contribution in [3.8, 4) is 0 Å². The Morgan fingerprint density at radius 3 is 2.60 bits per heavy atom. The molecule has 1 N–H and O–H groups in total. The zero-order chi connectivity index (χ0) is 14.6. The van der Waals surface area contributed by atoms with Gasteiger partial charge in [-0.25, -0.2) is 0 Å². The molecule has 110 valence electrons. The largest absolute Gasteiger partial charge is 0.351 e. The van der Waals surface area contributed by atoms with E-state index in [-0.39, 0.29) is 11.3 Å². The fourth-order valence-electron chi connectivity index (χ4n) is 2.90. The highest BCUT2D eigenvalue weighted by Gasteiger charge is 2.31. The Bertz CT molecular complexity index is 463. The molecule has 1 saturated carbocycles. The molecule has 0 saturated heterocycles. The molecule has 4 heteroatoms. The van der Waals surface area contributed by atoms with Gasteiger partial charge in [0.25, 0.3) is 5.91 Å². The molecule has 1 amide bonds. The highest BCUT2D eigenvalue weighted by molar-refractivity contribution is 9.09. The molecule has 2 nitrogen and oxygen atoms in total. The molecule has 20 heavy (non-hydrogen) atoms. The third-order valence-corrected chi connectivity index (χ3v) is 5.53. The van der Waals surface area contributed by atoms with Crippen LogP contribution in [-0.4, -0.2) is 17.8 Å². The van der Waals surface area contributed by atoms with Crippen molar-refractivity contribution in [2.24, 2.45) is 5.41 Å².